The average molecular weight is 299 g/mol. The van der Waals surface area contributed by atoms with E-state index < -0.39 is 0 Å². The first-order chi connectivity index (χ1) is 9.20. The predicted octanol–water partition coefficient (Wildman–Crippen LogP) is 3.26. The van der Waals surface area contributed by atoms with Gasteiger partial charge in [0.2, 0.25) is 0 Å². The van der Waals surface area contributed by atoms with Crippen LogP contribution in [-0.4, -0.2) is 18.3 Å². The Hall–Kier alpha value is -1.00. The van der Waals surface area contributed by atoms with E-state index in [4.69, 9.17) is 28.6 Å². The third-order valence-corrected chi connectivity index (χ3v) is 4.03. The quantitative estimate of drug-likeness (QED) is 0.836. The lowest BCUT2D eigenvalue weighted by atomic mass is 10.2. The molecule has 1 aromatic rings. The standard InChI is InChI=1S/C14H19ClN2OS/c1-18-13-8-4-7-12(15)11(13)9-16-14(19)17-10-5-2-3-6-10/h4,7-8,10H,2-3,5-6,9H2,1H3,(H2,16,17,19). The largest absolute Gasteiger partial charge is 0.496 e. The van der Waals surface area contributed by atoms with Gasteiger partial charge in [-0.1, -0.05) is 30.5 Å². The molecule has 104 valence electrons. The molecule has 2 rings (SSSR count). The van der Waals surface area contributed by atoms with Crippen molar-refractivity contribution in [1.29, 1.82) is 0 Å². The van der Waals surface area contributed by atoms with Crippen molar-refractivity contribution < 1.29 is 4.74 Å². The molecule has 19 heavy (non-hydrogen) atoms. The van der Waals surface area contributed by atoms with Crippen LogP contribution in [0.2, 0.25) is 5.02 Å². The first-order valence-electron chi connectivity index (χ1n) is 6.56. The first-order valence-corrected chi connectivity index (χ1v) is 7.35. The van der Waals surface area contributed by atoms with Gasteiger partial charge in [-0.3, -0.25) is 0 Å². The second-order valence-corrected chi connectivity index (χ2v) is 5.54. The summed E-state index contributed by atoms with van der Waals surface area (Å²) in [5.41, 5.74) is 0.933. The van der Waals surface area contributed by atoms with Gasteiger partial charge in [-0.15, -0.1) is 0 Å². The van der Waals surface area contributed by atoms with Crippen LogP contribution in [0.3, 0.4) is 0 Å². The lowest BCUT2D eigenvalue weighted by molar-refractivity contribution is 0.409. The summed E-state index contributed by atoms with van der Waals surface area (Å²) in [5, 5.41) is 7.92. The van der Waals surface area contributed by atoms with Gasteiger partial charge in [0.05, 0.1) is 7.11 Å². The Balaban J connectivity index is 1.89. The molecule has 0 bridgehead atoms. The maximum atomic E-state index is 6.18. The fourth-order valence-electron chi connectivity index (χ4n) is 2.38. The van der Waals surface area contributed by atoms with Crippen LogP contribution in [0.1, 0.15) is 31.2 Å². The normalized spacial score (nSPS) is 15.3. The highest BCUT2D eigenvalue weighted by Crippen LogP contribution is 2.25. The molecule has 1 fully saturated rings. The molecule has 0 unspecified atom stereocenters. The number of methoxy groups -OCH3 is 1. The summed E-state index contributed by atoms with van der Waals surface area (Å²) in [4.78, 5) is 0. The molecule has 0 aliphatic heterocycles. The average Bonchev–Trinajstić information content (AvgIpc) is 2.89. The second-order valence-electron chi connectivity index (χ2n) is 4.73. The van der Waals surface area contributed by atoms with E-state index in [-0.39, 0.29) is 0 Å². The molecule has 0 amide bonds. The van der Waals surface area contributed by atoms with Crippen LogP contribution in [0.15, 0.2) is 18.2 Å². The first kappa shape index (κ1) is 14.4. The van der Waals surface area contributed by atoms with Crippen molar-refractivity contribution in [2.75, 3.05) is 7.11 Å². The molecule has 0 atom stereocenters. The zero-order valence-corrected chi connectivity index (χ0v) is 12.6. The molecule has 0 aromatic heterocycles. The Morgan fingerprint density at radius 3 is 2.84 bits per heavy atom. The SMILES string of the molecule is COc1cccc(Cl)c1CNC(=S)NC1CCCC1. The van der Waals surface area contributed by atoms with E-state index in [1.807, 2.05) is 18.2 Å². The molecular formula is C14H19ClN2OS. The van der Waals surface area contributed by atoms with Crippen LogP contribution >= 0.6 is 23.8 Å². The lowest BCUT2D eigenvalue weighted by Crippen LogP contribution is -2.40. The van der Waals surface area contributed by atoms with Gasteiger partial charge in [-0.2, -0.15) is 0 Å². The molecule has 3 nitrogen and oxygen atoms in total. The van der Waals surface area contributed by atoms with E-state index in [9.17, 15) is 0 Å². The minimum Gasteiger partial charge on any atom is -0.496 e. The predicted molar refractivity (Wildman–Crippen MR) is 82.8 cm³/mol. The van der Waals surface area contributed by atoms with E-state index in [2.05, 4.69) is 10.6 Å². The summed E-state index contributed by atoms with van der Waals surface area (Å²) >= 11 is 11.5. The maximum Gasteiger partial charge on any atom is 0.166 e. The van der Waals surface area contributed by atoms with Gasteiger partial charge in [-0.25, -0.2) is 0 Å². The highest BCUT2D eigenvalue weighted by molar-refractivity contribution is 7.80. The molecule has 0 radical (unpaired) electrons. The number of ether oxygens (including phenoxy) is 1. The number of benzene rings is 1. The molecular weight excluding hydrogens is 280 g/mol. The van der Waals surface area contributed by atoms with E-state index in [0.29, 0.717) is 22.7 Å². The summed E-state index contributed by atoms with van der Waals surface area (Å²) in [7, 11) is 1.64. The van der Waals surface area contributed by atoms with Gasteiger partial charge in [0.25, 0.3) is 0 Å². The Morgan fingerprint density at radius 1 is 1.42 bits per heavy atom. The Labute approximate surface area is 124 Å². The molecule has 0 heterocycles. The van der Waals surface area contributed by atoms with Crippen molar-refractivity contribution in [3.8, 4) is 5.75 Å². The van der Waals surface area contributed by atoms with Crippen molar-refractivity contribution >= 4 is 28.9 Å². The van der Waals surface area contributed by atoms with Crippen LogP contribution in [0.4, 0.5) is 0 Å². The highest BCUT2D eigenvalue weighted by atomic mass is 35.5. The van der Waals surface area contributed by atoms with Gasteiger partial charge in [0, 0.05) is 23.2 Å². The fourth-order valence-corrected chi connectivity index (χ4v) is 2.85. The molecule has 1 aliphatic rings. The van der Waals surface area contributed by atoms with Gasteiger partial charge < -0.3 is 15.4 Å². The van der Waals surface area contributed by atoms with Gasteiger partial charge in [-0.05, 0) is 37.2 Å². The van der Waals surface area contributed by atoms with Crippen molar-refractivity contribution in [2.45, 2.75) is 38.3 Å². The van der Waals surface area contributed by atoms with Crippen molar-refractivity contribution in [1.82, 2.24) is 10.6 Å². The molecule has 2 N–H and O–H groups in total. The lowest BCUT2D eigenvalue weighted by Gasteiger charge is -2.17. The smallest absolute Gasteiger partial charge is 0.166 e. The summed E-state index contributed by atoms with van der Waals surface area (Å²) in [6.07, 6.45) is 4.99. The van der Waals surface area contributed by atoms with Gasteiger partial charge in [0.15, 0.2) is 5.11 Å². The molecule has 1 aliphatic carbocycles. The third kappa shape index (κ3) is 3.98. The monoisotopic (exact) mass is 298 g/mol. The van der Waals surface area contributed by atoms with Gasteiger partial charge in [0.1, 0.15) is 5.75 Å². The van der Waals surface area contributed by atoms with Gasteiger partial charge >= 0.3 is 0 Å². The summed E-state index contributed by atoms with van der Waals surface area (Å²) in [6, 6.07) is 6.15. The molecule has 0 saturated heterocycles. The van der Waals surface area contributed by atoms with Crippen LogP contribution in [0.25, 0.3) is 0 Å². The van der Waals surface area contributed by atoms with Crippen LogP contribution in [0, 0.1) is 0 Å². The molecule has 1 saturated carbocycles. The fraction of sp³-hybridized carbons (Fsp3) is 0.500. The number of hydrogen-bond acceptors (Lipinski definition) is 2. The molecule has 1 aromatic carbocycles. The number of halogens is 1. The van der Waals surface area contributed by atoms with E-state index in [1.165, 1.54) is 25.7 Å². The number of hydrogen-bond donors (Lipinski definition) is 2. The topological polar surface area (TPSA) is 33.3 Å². The van der Waals surface area contributed by atoms with E-state index in [0.717, 1.165) is 11.3 Å². The highest BCUT2D eigenvalue weighted by Gasteiger charge is 2.15. The summed E-state index contributed by atoms with van der Waals surface area (Å²) < 4.78 is 5.30. The number of thiocarbonyl (C=S) groups is 1. The molecule has 5 heteroatoms. The Morgan fingerprint density at radius 2 is 2.16 bits per heavy atom. The van der Waals surface area contributed by atoms with E-state index >= 15 is 0 Å². The minimum atomic E-state index is 0.521. The number of nitrogens with one attached hydrogen (secondary N) is 2. The van der Waals surface area contributed by atoms with E-state index in [1.54, 1.807) is 7.11 Å². The maximum absolute atomic E-state index is 6.18. The van der Waals surface area contributed by atoms with Crippen molar-refractivity contribution in [3.63, 3.8) is 0 Å². The van der Waals surface area contributed by atoms with Crippen LogP contribution < -0.4 is 15.4 Å². The second kappa shape index (κ2) is 6.96. The van der Waals surface area contributed by atoms with Crippen molar-refractivity contribution in [2.24, 2.45) is 0 Å². The summed E-state index contributed by atoms with van der Waals surface area (Å²) in [6.45, 7) is 0.571. The Kier molecular flexibility index (Phi) is 5.28. The van der Waals surface area contributed by atoms with Crippen LogP contribution in [-0.2, 0) is 6.54 Å². The minimum absolute atomic E-state index is 0.521. The van der Waals surface area contributed by atoms with Crippen molar-refractivity contribution in [3.05, 3.63) is 28.8 Å². The van der Waals surface area contributed by atoms with Crippen LogP contribution in [0.5, 0.6) is 5.75 Å². The third-order valence-electron chi connectivity index (χ3n) is 3.41. The zero-order chi connectivity index (χ0) is 13.7. The summed E-state index contributed by atoms with van der Waals surface area (Å²) in [5.74, 6) is 0.781. The number of rotatable bonds is 4. The Bertz CT molecular complexity index is 447. The zero-order valence-electron chi connectivity index (χ0n) is 11.0. The molecule has 0 spiro atoms.